The fraction of sp³-hybridized carbons (Fsp3) is 0.923. The second-order valence-electron chi connectivity index (χ2n) is 4.70. The maximum Gasteiger partial charge on any atom is 0.221 e. The van der Waals surface area contributed by atoms with Crippen LogP contribution < -0.4 is 5.32 Å². The van der Waals surface area contributed by atoms with Crippen LogP contribution in [0.2, 0.25) is 0 Å². The maximum atomic E-state index is 11.6. The zero-order valence-corrected chi connectivity index (χ0v) is 11.7. The number of rotatable bonds is 9. The van der Waals surface area contributed by atoms with Gasteiger partial charge in [0.25, 0.3) is 0 Å². The summed E-state index contributed by atoms with van der Waals surface area (Å²) in [7, 11) is 0. The highest BCUT2D eigenvalue weighted by molar-refractivity contribution is 5.76. The Hall–Kier alpha value is -0.610. The van der Waals surface area contributed by atoms with E-state index >= 15 is 0 Å². The van der Waals surface area contributed by atoms with Gasteiger partial charge in [0.2, 0.25) is 5.91 Å². The lowest BCUT2D eigenvalue weighted by Gasteiger charge is -2.29. The van der Waals surface area contributed by atoms with E-state index in [9.17, 15) is 4.79 Å². The standard InChI is InChI=1S/C13H28N2O2/c1-5-12(6-2)15(9-10-16)8-7-13(17)14-11(3)4/h11-12,16H,5-10H2,1-4H3,(H,14,17). The molecule has 0 fully saturated rings. The Kier molecular flexibility index (Phi) is 9.09. The van der Waals surface area contributed by atoms with Gasteiger partial charge in [0.15, 0.2) is 0 Å². The second kappa shape index (κ2) is 9.42. The summed E-state index contributed by atoms with van der Waals surface area (Å²) in [6, 6.07) is 0.663. The molecule has 0 radical (unpaired) electrons. The van der Waals surface area contributed by atoms with Crippen LogP contribution in [0, 0.1) is 0 Å². The van der Waals surface area contributed by atoms with Crippen molar-refractivity contribution in [2.75, 3.05) is 19.7 Å². The van der Waals surface area contributed by atoms with Crippen molar-refractivity contribution in [3.63, 3.8) is 0 Å². The fourth-order valence-corrected chi connectivity index (χ4v) is 2.05. The summed E-state index contributed by atoms with van der Waals surface area (Å²) >= 11 is 0. The van der Waals surface area contributed by atoms with Crippen LogP contribution >= 0.6 is 0 Å². The molecule has 0 spiro atoms. The van der Waals surface area contributed by atoms with E-state index in [2.05, 4.69) is 24.1 Å². The van der Waals surface area contributed by atoms with Gasteiger partial charge in [0.05, 0.1) is 6.61 Å². The number of nitrogens with one attached hydrogen (secondary N) is 1. The predicted molar refractivity (Wildman–Crippen MR) is 70.9 cm³/mol. The Balaban J connectivity index is 4.11. The molecule has 0 aliphatic carbocycles. The highest BCUT2D eigenvalue weighted by Crippen LogP contribution is 2.08. The first-order valence-electron chi connectivity index (χ1n) is 6.69. The van der Waals surface area contributed by atoms with Crippen LogP contribution in [0.1, 0.15) is 47.0 Å². The van der Waals surface area contributed by atoms with E-state index in [1.165, 1.54) is 0 Å². The third-order valence-corrected chi connectivity index (χ3v) is 2.92. The molecule has 1 amide bonds. The van der Waals surface area contributed by atoms with Crippen LogP contribution in [0.15, 0.2) is 0 Å². The number of nitrogens with zero attached hydrogens (tertiary/aromatic N) is 1. The molecule has 0 unspecified atom stereocenters. The summed E-state index contributed by atoms with van der Waals surface area (Å²) < 4.78 is 0. The molecule has 2 N–H and O–H groups in total. The summed E-state index contributed by atoms with van der Waals surface area (Å²) in [5.41, 5.74) is 0. The van der Waals surface area contributed by atoms with Gasteiger partial charge >= 0.3 is 0 Å². The van der Waals surface area contributed by atoms with Crippen molar-refractivity contribution in [3.8, 4) is 0 Å². The lowest BCUT2D eigenvalue weighted by atomic mass is 10.1. The number of carbonyl (C=O) groups is 1. The Bertz CT molecular complexity index is 204. The molecule has 4 heteroatoms. The van der Waals surface area contributed by atoms with Gasteiger partial charge in [-0.1, -0.05) is 13.8 Å². The molecule has 0 saturated heterocycles. The molecular formula is C13H28N2O2. The maximum absolute atomic E-state index is 11.6. The van der Waals surface area contributed by atoms with E-state index < -0.39 is 0 Å². The Morgan fingerprint density at radius 1 is 1.24 bits per heavy atom. The molecule has 0 heterocycles. The average Bonchev–Trinajstić information content (AvgIpc) is 2.26. The highest BCUT2D eigenvalue weighted by Gasteiger charge is 2.15. The molecule has 0 aliphatic heterocycles. The van der Waals surface area contributed by atoms with Gasteiger partial charge in [0, 0.05) is 31.6 Å². The number of carbonyl (C=O) groups excluding carboxylic acids is 1. The number of aliphatic hydroxyl groups excluding tert-OH is 1. The van der Waals surface area contributed by atoms with E-state index in [4.69, 9.17) is 5.11 Å². The molecule has 0 saturated carbocycles. The van der Waals surface area contributed by atoms with Gasteiger partial charge in [-0.3, -0.25) is 9.69 Å². The van der Waals surface area contributed by atoms with Gasteiger partial charge in [-0.2, -0.15) is 0 Å². The normalized spacial score (nSPS) is 11.5. The predicted octanol–water partition coefficient (Wildman–Crippen LogP) is 1.38. The smallest absolute Gasteiger partial charge is 0.221 e. The Morgan fingerprint density at radius 3 is 2.24 bits per heavy atom. The molecule has 0 aliphatic rings. The van der Waals surface area contributed by atoms with Crippen molar-refractivity contribution in [1.29, 1.82) is 0 Å². The number of aliphatic hydroxyl groups is 1. The van der Waals surface area contributed by atoms with Crippen molar-refractivity contribution in [1.82, 2.24) is 10.2 Å². The fourth-order valence-electron chi connectivity index (χ4n) is 2.05. The first kappa shape index (κ1) is 16.4. The van der Waals surface area contributed by atoms with E-state index in [1.807, 2.05) is 13.8 Å². The van der Waals surface area contributed by atoms with Crippen molar-refractivity contribution >= 4 is 5.91 Å². The molecule has 4 nitrogen and oxygen atoms in total. The Morgan fingerprint density at radius 2 is 1.82 bits per heavy atom. The summed E-state index contributed by atoms with van der Waals surface area (Å²) in [5.74, 6) is 0.0916. The molecule has 17 heavy (non-hydrogen) atoms. The topological polar surface area (TPSA) is 52.6 Å². The zero-order chi connectivity index (χ0) is 13.3. The van der Waals surface area contributed by atoms with Crippen LogP contribution in [-0.4, -0.2) is 47.7 Å². The van der Waals surface area contributed by atoms with E-state index in [1.54, 1.807) is 0 Å². The molecule has 0 aromatic heterocycles. The molecule has 0 aromatic rings. The highest BCUT2D eigenvalue weighted by atomic mass is 16.3. The van der Waals surface area contributed by atoms with Crippen molar-refractivity contribution in [2.45, 2.75) is 59.0 Å². The minimum atomic E-state index is 0.0916. The molecule has 102 valence electrons. The van der Waals surface area contributed by atoms with E-state index in [0.29, 0.717) is 19.0 Å². The Labute approximate surface area is 105 Å². The minimum absolute atomic E-state index is 0.0916. The van der Waals surface area contributed by atoms with Crippen LogP contribution in [0.3, 0.4) is 0 Å². The number of hydrogen-bond acceptors (Lipinski definition) is 3. The third-order valence-electron chi connectivity index (χ3n) is 2.92. The molecule has 0 rings (SSSR count). The monoisotopic (exact) mass is 244 g/mol. The summed E-state index contributed by atoms with van der Waals surface area (Å²) in [6.45, 7) is 9.75. The van der Waals surface area contributed by atoms with Crippen molar-refractivity contribution in [3.05, 3.63) is 0 Å². The molecule has 0 bridgehead atoms. The van der Waals surface area contributed by atoms with Crippen LogP contribution in [-0.2, 0) is 4.79 Å². The zero-order valence-electron chi connectivity index (χ0n) is 11.7. The van der Waals surface area contributed by atoms with Crippen molar-refractivity contribution in [2.24, 2.45) is 0 Å². The van der Waals surface area contributed by atoms with Crippen LogP contribution in [0.25, 0.3) is 0 Å². The first-order valence-corrected chi connectivity index (χ1v) is 6.69. The lowest BCUT2D eigenvalue weighted by molar-refractivity contribution is -0.122. The largest absolute Gasteiger partial charge is 0.395 e. The van der Waals surface area contributed by atoms with Crippen LogP contribution in [0.5, 0.6) is 0 Å². The van der Waals surface area contributed by atoms with Gasteiger partial charge in [-0.05, 0) is 26.7 Å². The van der Waals surface area contributed by atoms with Crippen LogP contribution in [0.4, 0.5) is 0 Å². The van der Waals surface area contributed by atoms with Gasteiger partial charge in [-0.25, -0.2) is 0 Å². The lowest BCUT2D eigenvalue weighted by Crippen LogP contribution is -2.40. The van der Waals surface area contributed by atoms with Gasteiger partial charge < -0.3 is 10.4 Å². The summed E-state index contributed by atoms with van der Waals surface area (Å²) in [6.07, 6.45) is 2.62. The molecule has 0 atom stereocenters. The van der Waals surface area contributed by atoms with Crippen molar-refractivity contribution < 1.29 is 9.90 Å². The molecule has 0 aromatic carbocycles. The molecular weight excluding hydrogens is 216 g/mol. The summed E-state index contributed by atoms with van der Waals surface area (Å²) in [4.78, 5) is 13.8. The minimum Gasteiger partial charge on any atom is -0.395 e. The number of hydrogen-bond donors (Lipinski definition) is 2. The van der Waals surface area contributed by atoms with Gasteiger partial charge in [0.1, 0.15) is 0 Å². The third kappa shape index (κ3) is 7.34. The van der Waals surface area contributed by atoms with Gasteiger partial charge in [-0.15, -0.1) is 0 Å². The average molecular weight is 244 g/mol. The quantitative estimate of drug-likeness (QED) is 0.644. The second-order valence-corrected chi connectivity index (χ2v) is 4.70. The first-order chi connectivity index (χ1) is 8.04. The number of amides is 1. The summed E-state index contributed by atoms with van der Waals surface area (Å²) in [5, 5.41) is 11.9. The van der Waals surface area contributed by atoms with E-state index in [-0.39, 0.29) is 18.6 Å². The van der Waals surface area contributed by atoms with E-state index in [0.717, 1.165) is 19.4 Å². The SMILES string of the molecule is CCC(CC)N(CCO)CCC(=O)NC(C)C.